The van der Waals surface area contributed by atoms with Crippen LogP contribution in [0.2, 0.25) is 0 Å². The molecule has 2 nitrogen and oxygen atoms in total. The van der Waals surface area contributed by atoms with Gasteiger partial charge in [-0.25, -0.2) is 4.39 Å². The molecule has 0 aliphatic carbocycles. The van der Waals surface area contributed by atoms with Crippen LogP contribution in [0, 0.1) is 5.82 Å². The van der Waals surface area contributed by atoms with Gasteiger partial charge in [0.1, 0.15) is 38.0 Å². The van der Waals surface area contributed by atoms with Crippen molar-refractivity contribution in [3.8, 4) is 0 Å². The molecule has 0 bridgehead atoms. The van der Waals surface area contributed by atoms with Gasteiger partial charge >= 0.3 is 0 Å². The van der Waals surface area contributed by atoms with E-state index in [9.17, 15) is 4.39 Å². The Morgan fingerprint density at radius 1 is 1.00 bits per heavy atom. The van der Waals surface area contributed by atoms with Crippen molar-refractivity contribution < 1.29 is 14.2 Å². The zero-order chi connectivity index (χ0) is 18.3. The molecule has 1 saturated heterocycles. The molecule has 0 aromatic heterocycles. The lowest BCUT2D eigenvalue weighted by Gasteiger charge is -2.34. The number of hydrogen-bond acceptors (Lipinski definition) is 1. The summed E-state index contributed by atoms with van der Waals surface area (Å²) in [5, 5.41) is 0. The summed E-state index contributed by atoms with van der Waals surface area (Å²) in [7, 11) is 2.29. The van der Waals surface area contributed by atoms with E-state index in [4.69, 9.17) is 0 Å². The van der Waals surface area contributed by atoms with Crippen molar-refractivity contribution in [2.45, 2.75) is 42.0 Å². The Morgan fingerprint density at radius 3 is 2.46 bits per heavy atom. The molecule has 1 atom stereocenters. The number of quaternary nitrogens is 2. The largest absolute Gasteiger partial charge is 0.328 e. The molecule has 2 heterocycles. The maximum absolute atomic E-state index is 13.9. The molecule has 0 spiro atoms. The maximum atomic E-state index is 13.9. The predicted octanol–water partition coefficient (Wildman–Crippen LogP) is 2.11. The first-order valence-corrected chi connectivity index (χ1v) is 10.6. The van der Waals surface area contributed by atoms with Gasteiger partial charge in [0.2, 0.25) is 0 Å². The normalized spacial score (nSPS) is 25.5. The van der Waals surface area contributed by atoms with Crippen molar-refractivity contribution >= 4 is 11.8 Å². The van der Waals surface area contributed by atoms with E-state index in [1.54, 1.807) is 21.9 Å². The van der Waals surface area contributed by atoms with Gasteiger partial charge in [-0.15, -0.1) is 0 Å². The highest BCUT2D eigenvalue weighted by atomic mass is 32.2. The molecule has 0 amide bonds. The molecule has 0 radical (unpaired) electrons. The monoisotopic (exact) mass is 372 g/mol. The highest BCUT2D eigenvalue weighted by Gasteiger charge is 2.34. The molecule has 4 rings (SSSR count). The molecular formula is C22H29FN2S+2. The summed E-state index contributed by atoms with van der Waals surface area (Å²) in [5.74, 6) is 0.413. The first-order chi connectivity index (χ1) is 12.5. The Kier molecular flexibility index (Phi) is 5.09. The molecule has 26 heavy (non-hydrogen) atoms. The van der Waals surface area contributed by atoms with Crippen LogP contribution in [0.1, 0.15) is 42.5 Å². The van der Waals surface area contributed by atoms with E-state index < -0.39 is 0 Å². The topological polar surface area (TPSA) is 8.88 Å². The first kappa shape index (κ1) is 18.0. The highest BCUT2D eigenvalue weighted by molar-refractivity contribution is 7.99. The summed E-state index contributed by atoms with van der Waals surface area (Å²) in [4.78, 5) is 5.85. The summed E-state index contributed by atoms with van der Waals surface area (Å²) < 4.78 is 13.9. The number of likely N-dealkylation sites (N-methyl/N-ethyl adjacent to an activating group) is 1. The van der Waals surface area contributed by atoms with Crippen molar-refractivity contribution in [1.29, 1.82) is 0 Å². The fourth-order valence-electron chi connectivity index (χ4n) is 4.26. The van der Waals surface area contributed by atoms with Crippen molar-refractivity contribution in [3.05, 3.63) is 58.9 Å². The van der Waals surface area contributed by atoms with Gasteiger partial charge in [-0.2, -0.15) is 0 Å². The van der Waals surface area contributed by atoms with Crippen LogP contribution >= 0.6 is 11.8 Å². The first-order valence-electron chi connectivity index (χ1n) is 9.77. The van der Waals surface area contributed by atoms with Crippen LogP contribution in [0.4, 0.5) is 4.39 Å². The highest BCUT2D eigenvalue weighted by Crippen LogP contribution is 2.41. The van der Waals surface area contributed by atoms with E-state index >= 15 is 0 Å². The predicted molar refractivity (Wildman–Crippen MR) is 105 cm³/mol. The third-order valence-corrected chi connectivity index (χ3v) is 7.19. The lowest BCUT2D eigenvalue weighted by Crippen LogP contribution is -3.27. The average Bonchev–Trinajstić information content (AvgIpc) is 2.78. The molecular weight excluding hydrogens is 343 g/mol. The van der Waals surface area contributed by atoms with Gasteiger partial charge in [0.15, 0.2) is 0 Å². The quantitative estimate of drug-likeness (QED) is 0.821. The van der Waals surface area contributed by atoms with Crippen LogP contribution in [0.15, 0.2) is 46.2 Å². The van der Waals surface area contributed by atoms with E-state index in [0.717, 1.165) is 6.42 Å². The van der Waals surface area contributed by atoms with E-state index in [2.05, 4.69) is 39.1 Å². The minimum atomic E-state index is -0.116. The third-order valence-electron chi connectivity index (χ3n) is 5.98. The van der Waals surface area contributed by atoms with Crippen molar-refractivity contribution in [2.75, 3.05) is 33.2 Å². The fourth-order valence-corrected chi connectivity index (χ4v) is 5.36. The Bertz CT molecular complexity index is 797. The van der Waals surface area contributed by atoms with Crippen molar-refractivity contribution in [2.24, 2.45) is 0 Å². The maximum Gasteiger partial charge on any atom is 0.127 e. The Morgan fingerprint density at radius 2 is 1.73 bits per heavy atom. The molecule has 2 aliphatic heterocycles. The number of fused-ring (bicyclic) bond motifs is 2. The van der Waals surface area contributed by atoms with Gasteiger partial charge in [0.05, 0.1) is 7.05 Å². The van der Waals surface area contributed by atoms with Crippen LogP contribution in [-0.2, 0) is 6.42 Å². The molecule has 2 aromatic carbocycles. The van der Waals surface area contributed by atoms with Gasteiger partial charge in [-0.3, -0.25) is 0 Å². The number of piperazine rings is 1. The zero-order valence-corrected chi connectivity index (χ0v) is 16.8. The van der Waals surface area contributed by atoms with Gasteiger partial charge in [-0.05, 0) is 47.4 Å². The van der Waals surface area contributed by atoms with Crippen molar-refractivity contribution in [1.82, 2.24) is 0 Å². The summed E-state index contributed by atoms with van der Waals surface area (Å²) in [6.45, 7) is 9.34. The summed E-state index contributed by atoms with van der Waals surface area (Å²) in [6.07, 6.45) is 0.934. The lowest BCUT2D eigenvalue weighted by molar-refractivity contribution is -1.02. The second-order valence-electron chi connectivity index (χ2n) is 8.18. The average molecular weight is 373 g/mol. The Labute approximate surface area is 160 Å². The second-order valence-corrected chi connectivity index (χ2v) is 9.26. The number of rotatable bonds is 2. The SMILES string of the molecule is CC(C)c1ccc2c(c1)[C@@H]([NH+]1CC[NH+](C)CC1)Cc1cc(F)ccc1S2. The van der Waals surface area contributed by atoms with Crippen LogP contribution in [0.3, 0.4) is 0 Å². The minimum absolute atomic E-state index is 0.116. The van der Waals surface area contributed by atoms with E-state index in [1.807, 2.05) is 17.8 Å². The molecule has 2 aliphatic rings. The van der Waals surface area contributed by atoms with Crippen molar-refractivity contribution in [3.63, 3.8) is 0 Å². The Hall–Kier alpha value is -1.36. The van der Waals surface area contributed by atoms with Crippen LogP contribution < -0.4 is 9.80 Å². The van der Waals surface area contributed by atoms with Gasteiger partial charge < -0.3 is 9.80 Å². The smallest absolute Gasteiger partial charge is 0.127 e. The zero-order valence-electron chi connectivity index (χ0n) is 15.9. The molecule has 4 heteroatoms. The van der Waals surface area contributed by atoms with Crippen LogP contribution in [0.5, 0.6) is 0 Å². The van der Waals surface area contributed by atoms with E-state index in [-0.39, 0.29) is 5.82 Å². The second kappa shape index (κ2) is 7.34. The molecule has 2 N–H and O–H groups in total. The summed E-state index contributed by atoms with van der Waals surface area (Å²) >= 11 is 1.82. The third kappa shape index (κ3) is 3.55. The number of halogens is 1. The van der Waals surface area contributed by atoms with Crippen LogP contribution in [0.25, 0.3) is 0 Å². The van der Waals surface area contributed by atoms with Gasteiger partial charge in [-0.1, -0.05) is 31.7 Å². The molecule has 0 unspecified atom stereocenters. The van der Waals surface area contributed by atoms with E-state index in [0.29, 0.717) is 12.0 Å². The number of benzene rings is 2. The number of nitrogens with one attached hydrogen (secondary N) is 2. The minimum Gasteiger partial charge on any atom is -0.328 e. The lowest BCUT2D eigenvalue weighted by atomic mass is 9.93. The Balaban J connectivity index is 1.78. The molecule has 0 saturated carbocycles. The summed E-state index contributed by atoms with van der Waals surface area (Å²) in [5.41, 5.74) is 4.04. The van der Waals surface area contributed by atoms with Crippen LogP contribution in [-0.4, -0.2) is 33.2 Å². The summed E-state index contributed by atoms with van der Waals surface area (Å²) in [6, 6.07) is 12.7. The number of hydrogen-bond donors (Lipinski definition) is 2. The molecule has 138 valence electrons. The standard InChI is InChI=1S/C22H27FN2S/c1-15(2)16-4-6-22-19(13-16)20(25-10-8-24(3)9-11-25)14-17-12-18(23)5-7-21(17)26-22/h4-7,12-13,15,20H,8-11,14H2,1-3H3/p+2/t20-/m0/s1. The molecule has 1 fully saturated rings. The fraction of sp³-hybridized carbons (Fsp3) is 0.455. The van der Waals surface area contributed by atoms with Gasteiger partial charge in [0, 0.05) is 21.8 Å². The van der Waals surface area contributed by atoms with Gasteiger partial charge in [0.25, 0.3) is 0 Å². The van der Waals surface area contributed by atoms with E-state index in [1.165, 1.54) is 52.7 Å². The molecule has 2 aromatic rings.